The molecule has 0 saturated carbocycles. The van der Waals surface area contributed by atoms with Crippen molar-refractivity contribution in [1.82, 2.24) is 15.5 Å². The third-order valence-electron chi connectivity index (χ3n) is 6.82. The molecule has 4 atom stereocenters. The Balaban J connectivity index is 1.31. The Kier molecular flexibility index (Phi) is 4.31. The molecule has 2 bridgehead atoms. The Morgan fingerprint density at radius 1 is 1.26 bits per heavy atom. The van der Waals surface area contributed by atoms with Gasteiger partial charge < -0.3 is 20.3 Å². The van der Waals surface area contributed by atoms with Gasteiger partial charge in [-0.3, -0.25) is 9.59 Å². The van der Waals surface area contributed by atoms with E-state index < -0.39 is 0 Å². The van der Waals surface area contributed by atoms with Crippen LogP contribution in [0.25, 0.3) is 0 Å². The average Bonchev–Trinajstić information content (AvgIpc) is 3.16. The molecule has 0 aromatic heterocycles. The summed E-state index contributed by atoms with van der Waals surface area (Å²) < 4.78 is 5.52. The van der Waals surface area contributed by atoms with Crippen molar-refractivity contribution in [3.8, 4) is 5.75 Å². The van der Waals surface area contributed by atoms with Crippen LogP contribution < -0.4 is 15.4 Å². The van der Waals surface area contributed by atoms with Crippen LogP contribution in [0, 0.1) is 11.8 Å². The van der Waals surface area contributed by atoms with E-state index in [9.17, 15) is 9.59 Å². The highest BCUT2D eigenvalue weighted by atomic mass is 16.5. The number of hydrogen-bond acceptors (Lipinski definition) is 4. The first-order valence-corrected chi connectivity index (χ1v) is 10.3. The maximum absolute atomic E-state index is 12.7. The third-order valence-corrected chi connectivity index (χ3v) is 6.82. The molecule has 6 heteroatoms. The SMILES string of the molecule is O=C(NC[C@H]1[C@@H]2CNC[C@@H](C2)[C@@H]2CCCC(=O)N21)c1ccc2c(c1)CCO2. The van der Waals surface area contributed by atoms with Crippen LogP contribution in [0.3, 0.4) is 0 Å². The molecule has 27 heavy (non-hydrogen) atoms. The minimum atomic E-state index is -0.0587. The number of benzene rings is 1. The van der Waals surface area contributed by atoms with Gasteiger partial charge in [0.1, 0.15) is 5.75 Å². The molecule has 6 nitrogen and oxygen atoms in total. The standard InChI is InChI=1S/C21H27N3O3/c25-20-3-1-2-17-15-9-16(11-22-10-15)18(24(17)20)12-23-21(26)14-4-5-19-13(8-14)6-7-27-19/h4-5,8,15-18,22H,1-3,6-7,9-12H2,(H,23,26)/t15-,16+,17+,18+/m1/s1. The lowest BCUT2D eigenvalue weighted by Crippen LogP contribution is -2.66. The minimum Gasteiger partial charge on any atom is -0.493 e. The normalized spacial score (nSPS) is 31.7. The fourth-order valence-corrected chi connectivity index (χ4v) is 5.52. The molecular formula is C21H27N3O3. The summed E-state index contributed by atoms with van der Waals surface area (Å²) in [6.45, 7) is 3.18. The van der Waals surface area contributed by atoms with Gasteiger partial charge in [-0.15, -0.1) is 0 Å². The summed E-state index contributed by atoms with van der Waals surface area (Å²) >= 11 is 0. The highest BCUT2D eigenvalue weighted by Gasteiger charge is 2.47. The van der Waals surface area contributed by atoms with Gasteiger partial charge in [-0.1, -0.05) is 0 Å². The molecule has 3 saturated heterocycles. The smallest absolute Gasteiger partial charge is 0.251 e. The summed E-state index contributed by atoms with van der Waals surface area (Å²) in [5.41, 5.74) is 1.78. The monoisotopic (exact) mass is 369 g/mol. The highest BCUT2D eigenvalue weighted by Crippen LogP contribution is 2.39. The van der Waals surface area contributed by atoms with E-state index in [0.29, 0.717) is 43.0 Å². The largest absolute Gasteiger partial charge is 0.493 e. The Morgan fingerprint density at radius 2 is 2.15 bits per heavy atom. The fourth-order valence-electron chi connectivity index (χ4n) is 5.52. The zero-order chi connectivity index (χ0) is 18.4. The number of fused-ring (bicyclic) bond motifs is 5. The molecule has 1 aromatic rings. The van der Waals surface area contributed by atoms with Gasteiger partial charge in [0.05, 0.1) is 12.6 Å². The molecule has 2 amide bonds. The summed E-state index contributed by atoms with van der Waals surface area (Å²) in [7, 11) is 0. The quantitative estimate of drug-likeness (QED) is 0.844. The van der Waals surface area contributed by atoms with E-state index in [1.54, 1.807) is 0 Å². The summed E-state index contributed by atoms with van der Waals surface area (Å²) in [5.74, 6) is 2.10. The second kappa shape index (κ2) is 6.82. The molecular weight excluding hydrogens is 342 g/mol. The lowest BCUT2D eigenvalue weighted by Gasteiger charge is -2.54. The van der Waals surface area contributed by atoms with E-state index in [0.717, 1.165) is 50.1 Å². The molecule has 1 aromatic carbocycles. The Bertz CT molecular complexity index is 765. The Morgan fingerprint density at radius 3 is 3.07 bits per heavy atom. The number of amides is 2. The van der Waals surface area contributed by atoms with E-state index in [2.05, 4.69) is 15.5 Å². The first-order chi connectivity index (χ1) is 13.2. The first kappa shape index (κ1) is 17.0. The summed E-state index contributed by atoms with van der Waals surface area (Å²) in [6, 6.07) is 6.10. The van der Waals surface area contributed by atoms with E-state index in [4.69, 9.17) is 4.74 Å². The molecule has 5 rings (SSSR count). The minimum absolute atomic E-state index is 0.0587. The van der Waals surface area contributed by atoms with Crippen LogP contribution in [0.15, 0.2) is 18.2 Å². The Labute approximate surface area is 159 Å². The lowest BCUT2D eigenvalue weighted by molar-refractivity contribution is -0.148. The highest BCUT2D eigenvalue weighted by molar-refractivity contribution is 5.94. The van der Waals surface area contributed by atoms with E-state index in [-0.39, 0.29) is 17.9 Å². The average molecular weight is 369 g/mol. The van der Waals surface area contributed by atoms with Gasteiger partial charge in [0.25, 0.3) is 5.91 Å². The topological polar surface area (TPSA) is 70.7 Å². The molecule has 0 spiro atoms. The van der Waals surface area contributed by atoms with Crippen molar-refractivity contribution in [2.45, 2.75) is 44.2 Å². The van der Waals surface area contributed by atoms with Gasteiger partial charge in [-0.05, 0) is 61.4 Å². The molecule has 3 fully saturated rings. The number of hydrogen-bond donors (Lipinski definition) is 2. The second-order valence-electron chi connectivity index (χ2n) is 8.37. The third kappa shape index (κ3) is 3.00. The van der Waals surface area contributed by atoms with Gasteiger partial charge in [-0.2, -0.15) is 0 Å². The van der Waals surface area contributed by atoms with Crippen molar-refractivity contribution >= 4 is 11.8 Å². The van der Waals surface area contributed by atoms with Crippen molar-refractivity contribution in [2.75, 3.05) is 26.2 Å². The van der Waals surface area contributed by atoms with Crippen molar-refractivity contribution in [1.29, 1.82) is 0 Å². The van der Waals surface area contributed by atoms with Crippen molar-refractivity contribution in [3.05, 3.63) is 29.3 Å². The number of carbonyl (C=O) groups is 2. The van der Waals surface area contributed by atoms with Crippen LogP contribution in [0.5, 0.6) is 5.75 Å². The number of nitrogens with zero attached hydrogens (tertiary/aromatic N) is 1. The molecule has 0 aliphatic carbocycles. The van der Waals surface area contributed by atoms with E-state index >= 15 is 0 Å². The lowest BCUT2D eigenvalue weighted by atomic mass is 9.72. The predicted octanol–water partition coefficient (Wildman–Crippen LogP) is 1.34. The van der Waals surface area contributed by atoms with Gasteiger partial charge in [0.15, 0.2) is 0 Å². The molecule has 4 aliphatic rings. The van der Waals surface area contributed by atoms with Gasteiger partial charge in [-0.25, -0.2) is 0 Å². The molecule has 0 unspecified atom stereocenters. The predicted molar refractivity (Wildman–Crippen MR) is 101 cm³/mol. The zero-order valence-corrected chi connectivity index (χ0v) is 15.6. The van der Waals surface area contributed by atoms with Crippen LogP contribution >= 0.6 is 0 Å². The molecule has 144 valence electrons. The number of nitrogens with one attached hydrogen (secondary N) is 2. The maximum Gasteiger partial charge on any atom is 0.251 e. The molecule has 0 radical (unpaired) electrons. The molecule has 4 heterocycles. The number of ether oxygens (including phenoxy) is 1. The van der Waals surface area contributed by atoms with Crippen molar-refractivity contribution in [3.63, 3.8) is 0 Å². The van der Waals surface area contributed by atoms with E-state index in [1.807, 2.05) is 18.2 Å². The van der Waals surface area contributed by atoms with Gasteiger partial charge >= 0.3 is 0 Å². The van der Waals surface area contributed by atoms with Gasteiger partial charge in [0, 0.05) is 37.5 Å². The van der Waals surface area contributed by atoms with Crippen LogP contribution in [-0.4, -0.2) is 55.0 Å². The fraction of sp³-hybridized carbons (Fsp3) is 0.619. The summed E-state index contributed by atoms with van der Waals surface area (Å²) in [5, 5.41) is 6.66. The van der Waals surface area contributed by atoms with Crippen molar-refractivity contribution < 1.29 is 14.3 Å². The summed E-state index contributed by atoms with van der Waals surface area (Å²) in [4.78, 5) is 27.6. The first-order valence-electron chi connectivity index (χ1n) is 10.3. The second-order valence-corrected chi connectivity index (χ2v) is 8.37. The van der Waals surface area contributed by atoms with Gasteiger partial charge in [0.2, 0.25) is 5.91 Å². The van der Waals surface area contributed by atoms with Crippen LogP contribution in [0.4, 0.5) is 0 Å². The summed E-state index contributed by atoms with van der Waals surface area (Å²) in [6.07, 6.45) is 4.77. The molecule has 4 aliphatic heterocycles. The van der Waals surface area contributed by atoms with E-state index in [1.165, 1.54) is 0 Å². The molecule has 2 N–H and O–H groups in total. The Hall–Kier alpha value is -2.08. The van der Waals surface area contributed by atoms with Crippen LogP contribution in [0.2, 0.25) is 0 Å². The van der Waals surface area contributed by atoms with Crippen LogP contribution in [0.1, 0.15) is 41.6 Å². The number of rotatable bonds is 3. The maximum atomic E-state index is 12.7. The van der Waals surface area contributed by atoms with Crippen molar-refractivity contribution in [2.24, 2.45) is 11.8 Å². The number of piperidine rings is 3. The zero-order valence-electron chi connectivity index (χ0n) is 15.6. The van der Waals surface area contributed by atoms with Crippen LogP contribution in [-0.2, 0) is 11.2 Å². The number of carbonyl (C=O) groups excluding carboxylic acids is 2.